The number of aromatic nitrogens is 1. The fourth-order valence-corrected chi connectivity index (χ4v) is 2.28. The quantitative estimate of drug-likeness (QED) is 0.869. The van der Waals surface area contributed by atoms with Crippen LogP contribution < -0.4 is 5.32 Å². The molecule has 2 unspecified atom stereocenters. The predicted octanol–water partition coefficient (Wildman–Crippen LogP) is 2.00. The van der Waals surface area contributed by atoms with Gasteiger partial charge in [-0.3, -0.25) is 4.79 Å². The first-order valence-corrected chi connectivity index (χ1v) is 6.47. The number of ether oxygens (including phenoxy) is 1. The van der Waals surface area contributed by atoms with Gasteiger partial charge >= 0.3 is 0 Å². The second-order valence-corrected chi connectivity index (χ2v) is 5.01. The Kier molecular flexibility index (Phi) is 4.12. The molecular weight excluding hydrogens is 284 g/mol. The molecule has 0 bridgehead atoms. The minimum absolute atomic E-state index is 0.0628. The van der Waals surface area contributed by atoms with Crippen LogP contribution in [0.5, 0.6) is 0 Å². The monoisotopic (exact) mass is 298 g/mol. The fourth-order valence-electron chi connectivity index (χ4n) is 1.91. The van der Waals surface area contributed by atoms with Crippen molar-refractivity contribution in [3.05, 3.63) is 28.5 Å². The Morgan fingerprint density at radius 3 is 3.18 bits per heavy atom. The first-order valence-electron chi connectivity index (χ1n) is 5.68. The summed E-state index contributed by atoms with van der Waals surface area (Å²) in [6, 6.07) is 3.42. The molecule has 17 heavy (non-hydrogen) atoms. The van der Waals surface area contributed by atoms with Crippen LogP contribution in [0.3, 0.4) is 0 Å². The summed E-state index contributed by atoms with van der Waals surface area (Å²) in [5, 5.41) is 2.93. The lowest BCUT2D eigenvalue weighted by atomic mass is 10.0. The highest BCUT2D eigenvalue weighted by Crippen LogP contribution is 2.19. The first kappa shape index (κ1) is 12.5. The largest absolute Gasteiger partial charge is 0.378 e. The zero-order chi connectivity index (χ0) is 12.3. The Morgan fingerprint density at radius 1 is 1.71 bits per heavy atom. The lowest BCUT2D eigenvalue weighted by Crippen LogP contribution is -2.31. The van der Waals surface area contributed by atoms with E-state index in [0.717, 1.165) is 13.0 Å². The fraction of sp³-hybridized carbons (Fsp3) is 0.500. The number of amides is 1. The smallest absolute Gasteiger partial charge is 0.251 e. The summed E-state index contributed by atoms with van der Waals surface area (Å²) in [6.45, 7) is 3.51. The number of nitrogens with zero attached hydrogens (tertiary/aromatic N) is 1. The number of halogens is 1. The maximum absolute atomic E-state index is 11.9. The minimum Gasteiger partial charge on any atom is -0.378 e. The molecule has 1 aromatic rings. The Bertz CT molecular complexity index is 411. The van der Waals surface area contributed by atoms with Crippen LogP contribution >= 0.6 is 15.9 Å². The van der Waals surface area contributed by atoms with E-state index in [1.165, 1.54) is 0 Å². The van der Waals surface area contributed by atoms with Crippen molar-refractivity contribution in [2.24, 2.45) is 5.92 Å². The molecule has 0 aliphatic carbocycles. The van der Waals surface area contributed by atoms with Gasteiger partial charge in [-0.2, -0.15) is 0 Å². The lowest BCUT2D eigenvalue weighted by Gasteiger charge is -2.14. The van der Waals surface area contributed by atoms with Crippen molar-refractivity contribution in [3.8, 4) is 0 Å². The van der Waals surface area contributed by atoms with Crippen molar-refractivity contribution in [2.45, 2.75) is 19.4 Å². The summed E-state index contributed by atoms with van der Waals surface area (Å²) in [6.07, 6.45) is 2.86. The number of nitrogens with one attached hydrogen (secondary N) is 1. The Balaban J connectivity index is 1.89. The average molecular weight is 299 g/mol. The molecular formula is C12H15BrN2O2. The van der Waals surface area contributed by atoms with E-state index in [9.17, 15) is 4.79 Å². The third-order valence-corrected chi connectivity index (χ3v) is 3.48. The van der Waals surface area contributed by atoms with Crippen LogP contribution in [0.25, 0.3) is 0 Å². The van der Waals surface area contributed by atoms with Crippen molar-refractivity contribution >= 4 is 21.8 Å². The Hall–Kier alpha value is -0.940. The normalized spacial score (nSPS) is 23.6. The number of carbonyl (C=O) groups excluding carboxylic acids is 1. The molecule has 0 radical (unpaired) electrons. The maximum atomic E-state index is 11.9. The van der Waals surface area contributed by atoms with E-state index < -0.39 is 0 Å². The summed E-state index contributed by atoms with van der Waals surface area (Å²) >= 11 is 3.25. The van der Waals surface area contributed by atoms with E-state index in [1.807, 2.05) is 6.92 Å². The van der Waals surface area contributed by atoms with Crippen molar-refractivity contribution in [1.82, 2.24) is 10.3 Å². The van der Waals surface area contributed by atoms with Gasteiger partial charge < -0.3 is 10.1 Å². The zero-order valence-electron chi connectivity index (χ0n) is 9.65. The highest BCUT2D eigenvalue weighted by Gasteiger charge is 2.24. The van der Waals surface area contributed by atoms with Crippen LogP contribution in [0.15, 0.2) is 22.9 Å². The van der Waals surface area contributed by atoms with Crippen LogP contribution in [0, 0.1) is 5.92 Å². The van der Waals surface area contributed by atoms with Crippen molar-refractivity contribution < 1.29 is 9.53 Å². The number of carbonyl (C=O) groups is 1. The second-order valence-electron chi connectivity index (χ2n) is 4.20. The van der Waals surface area contributed by atoms with E-state index in [0.29, 0.717) is 22.6 Å². The summed E-state index contributed by atoms with van der Waals surface area (Å²) in [4.78, 5) is 15.8. The number of rotatable bonds is 3. The summed E-state index contributed by atoms with van der Waals surface area (Å²) in [5.41, 5.74) is 0.624. The van der Waals surface area contributed by atoms with Crippen molar-refractivity contribution in [1.29, 1.82) is 0 Å². The molecule has 1 amide bonds. The average Bonchev–Trinajstić information content (AvgIpc) is 2.72. The van der Waals surface area contributed by atoms with Gasteiger partial charge in [-0.15, -0.1) is 0 Å². The van der Waals surface area contributed by atoms with Crippen LogP contribution in [0.1, 0.15) is 23.7 Å². The van der Waals surface area contributed by atoms with E-state index >= 15 is 0 Å². The molecule has 2 heterocycles. The third kappa shape index (κ3) is 3.26. The molecule has 5 heteroatoms. The van der Waals surface area contributed by atoms with Gasteiger partial charge in [0.05, 0.1) is 6.10 Å². The van der Waals surface area contributed by atoms with E-state index in [1.54, 1.807) is 18.3 Å². The van der Waals surface area contributed by atoms with Crippen molar-refractivity contribution in [3.63, 3.8) is 0 Å². The molecule has 92 valence electrons. The highest BCUT2D eigenvalue weighted by atomic mass is 79.9. The Labute approximate surface area is 109 Å². The lowest BCUT2D eigenvalue weighted by molar-refractivity contribution is 0.0907. The molecule has 4 nitrogen and oxygen atoms in total. The van der Waals surface area contributed by atoms with Crippen molar-refractivity contribution in [2.75, 3.05) is 13.2 Å². The second kappa shape index (κ2) is 5.60. The number of hydrogen-bond donors (Lipinski definition) is 1. The molecule has 1 aliphatic rings. The predicted molar refractivity (Wildman–Crippen MR) is 67.8 cm³/mol. The molecule has 0 spiro atoms. The van der Waals surface area contributed by atoms with Gasteiger partial charge in [-0.25, -0.2) is 4.98 Å². The molecule has 0 aromatic carbocycles. The zero-order valence-corrected chi connectivity index (χ0v) is 11.2. The highest BCUT2D eigenvalue weighted by molar-refractivity contribution is 9.10. The van der Waals surface area contributed by atoms with E-state index in [4.69, 9.17) is 4.74 Å². The molecule has 1 saturated heterocycles. The van der Waals surface area contributed by atoms with Crippen LogP contribution in [0.4, 0.5) is 0 Å². The van der Waals surface area contributed by atoms with Crippen LogP contribution in [-0.2, 0) is 4.74 Å². The molecule has 1 aliphatic heterocycles. The van der Waals surface area contributed by atoms with Gasteiger partial charge in [0.15, 0.2) is 0 Å². The SMILES string of the molecule is CC1OCCC1CNC(=O)c1ccnc(Br)c1. The van der Waals surface area contributed by atoms with Gasteiger partial charge in [0.2, 0.25) is 0 Å². The summed E-state index contributed by atoms with van der Waals surface area (Å²) in [7, 11) is 0. The minimum atomic E-state index is -0.0628. The van der Waals surface area contributed by atoms with Gasteiger partial charge in [0.1, 0.15) is 4.60 Å². The van der Waals surface area contributed by atoms with Crippen LogP contribution in [0.2, 0.25) is 0 Å². The van der Waals surface area contributed by atoms with Gasteiger partial charge in [-0.05, 0) is 41.4 Å². The molecule has 0 saturated carbocycles. The number of pyridine rings is 1. The summed E-state index contributed by atoms with van der Waals surface area (Å²) in [5.74, 6) is 0.358. The maximum Gasteiger partial charge on any atom is 0.251 e. The molecule has 2 atom stereocenters. The van der Waals surface area contributed by atoms with E-state index in [2.05, 4.69) is 26.2 Å². The Morgan fingerprint density at radius 2 is 2.53 bits per heavy atom. The summed E-state index contributed by atoms with van der Waals surface area (Å²) < 4.78 is 6.12. The molecule has 2 rings (SSSR count). The molecule has 1 aromatic heterocycles. The standard InChI is InChI=1S/C12H15BrN2O2/c1-8-10(3-5-17-8)7-15-12(16)9-2-4-14-11(13)6-9/h2,4,6,8,10H,3,5,7H2,1H3,(H,15,16). The molecule has 1 fully saturated rings. The number of hydrogen-bond acceptors (Lipinski definition) is 3. The topological polar surface area (TPSA) is 51.2 Å². The first-order chi connectivity index (χ1) is 8.16. The van der Waals surface area contributed by atoms with Gasteiger partial charge in [0, 0.05) is 30.8 Å². The third-order valence-electron chi connectivity index (χ3n) is 3.05. The van der Waals surface area contributed by atoms with Gasteiger partial charge in [-0.1, -0.05) is 0 Å². The van der Waals surface area contributed by atoms with Crippen LogP contribution in [-0.4, -0.2) is 30.1 Å². The van der Waals surface area contributed by atoms with E-state index in [-0.39, 0.29) is 12.0 Å². The van der Waals surface area contributed by atoms with Gasteiger partial charge in [0.25, 0.3) is 5.91 Å². The molecule has 1 N–H and O–H groups in total.